The monoisotopic (exact) mass is 309 g/mol. The predicted octanol–water partition coefficient (Wildman–Crippen LogP) is 1.94. The molecule has 1 aromatic heterocycles. The second-order valence-electron chi connectivity index (χ2n) is 5.93. The molecule has 2 atom stereocenters. The van der Waals surface area contributed by atoms with E-state index in [1.807, 2.05) is 0 Å². The van der Waals surface area contributed by atoms with Crippen LogP contribution in [0, 0.1) is 12.8 Å². The molecule has 2 saturated heterocycles. The summed E-state index contributed by atoms with van der Waals surface area (Å²) in [6, 6.07) is 3.41. The van der Waals surface area contributed by atoms with Gasteiger partial charge in [0.05, 0.1) is 23.3 Å². The molecular weight excluding hydrogens is 290 g/mol. The van der Waals surface area contributed by atoms with Crippen LogP contribution in [-0.2, 0) is 9.84 Å². The number of aromatic nitrogens is 1. The van der Waals surface area contributed by atoms with E-state index >= 15 is 0 Å². The van der Waals surface area contributed by atoms with Crippen molar-refractivity contribution >= 4 is 15.6 Å². The number of methoxy groups -OCH3 is 1. The molecule has 2 aliphatic rings. The number of Topliss-reactive ketones (excluding diaryl/α,β-unsaturated/α-hetero) is 1. The Morgan fingerprint density at radius 2 is 1.86 bits per heavy atom. The number of hydrogen-bond acceptors (Lipinski definition) is 5. The highest BCUT2D eigenvalue weighted by atomic mass is 32.2. The highest BCUT2D eigenvalue weighted by Crippen LogP contribution is 2.42. The third kappa shape index (κ3) is 2.35. The predicted molar refractivity (Wildman–Crippen MR) is 78.3 cm³/mol. The normalized spacial score (nSPS) is 30.1. The number of nitrogens with zero attached hydrogens (tertiary/aromatic N) is 1. The van der Waals surface area contributed by atoms with Gasteiger partial charge in [-0.1, -0.05) is 0 Å². The number of pyridine rings is 1. The molecule has 3 heterocycles. The van der Waals surface area contributed by atoms with E-state index in [9.17, 15) is 13.2 Å². The van der Waals surface area contributed by atoms with Gasteiger partial charge in [0.1, 0.15) is 0 Å². The van der Waals surface area contributed by atoms with Gasteiger partial charge in [-0.25, -0.2) is 13.4 Å². The van der Waals surface area contributed by atoms with E-state index in [0.717, 1.165) is 0 Å². The number of aryl methyl sites for hydroxylation is 1. The van der Waals surface area contributed by atoms with Crippen molar-refractivity contribution in [2.75, 3.05) is 7.11 Å². The summed E-state index contributed by atoms with van der Waals surface area (Å²) in [6.45, 7) is 1.78. The van der Waals surface area contributed by atoms with E-state index in [0.29, 0.717) is 42.8 Å². The Labute approximate surface area is 124 Å². The van der Waals surface area contributed by atoms with E-state index < -0.39 is 9.84 Å². The summed E-state index contributed by atoms with van der Waals surface area (Å²) in [7, 11) is -1.45. The molecule has 0 saturated carbocycles. The Morgan fingerprint density at radius 1 is 1.24 bits per heavy atom. The zero-order valence-corrected chi connectivity index (χ0v) is 13.0. The second-order valence-corrected chi connectivity index (χ2v) is 8.44. The van der Waals surface area contributed by atoms with Gasteiger partial charge < -0.3 is 4.74 Å². The molecule has 0 amide bonds. The lowest BCUT2D eigenvalue weighted by Crippen LogP contribution is -2.36. The number of ketones is 1. The van der Waals surface area contributed by atoms with Gasteiger partial charge in [-0.3, -0.25) is 4.79 Å². The molecule has 0 aliphatic carbocycles. The van der Waals surface area contributed by atoms with Gasteiger partial charge in [-0.05, 0) is 38.7 Å². The molecule has 5 nitrogen and oxygen atoms in total. The van der Waals surface area contributed by atoms with Gasteiger partial charge in [-0.15, -0.1) is 0 Å². The zero-order valence-electron chi connectivity index (χ0n) is 12.2. The average Bonchev–Trinajstić information content (AvgIpc) is 2.66. The molecule has 2 unspecified atom stereocenters. The number of hydrogen-bond donors (Lipinski definition) is 0. The molecule has 21 heavy (non-hydrogen) atoms. The number of carbonyl (C=O) groups excluding carboxylic acids is 1. The van der Waals surface area contributed by atoms with Crippen LogP contribution >= 0.6 is 0 Å². The maximum absolute atomic E-state index is 12.7. The molecule has 2 fully saturated rings. The van der Waals surface area contributed by atoms with Crippen LogP contribution in [0.3, 0.4) is 0 Å². The molecule has 0 aromatic carbocycles. The van der Waals surface area contributed by atoms with Crippen molar-refractivity contribution in [1.82, 2.24) is 4.98 Å². The van der Waals surface area contributed by atoms with Crippen LogP contribution in [0.4, 0.5) is 0 Å². The summed E-state index contributed by atoms with van der Waals surface area (Å²) < 4.78 is 29.2. The molecule has 0 N–H and O–H groups in total. The minimum Gasteiger partial charge on any atom is -0.481 e. The maximum Gasteiger partial charge on any atom is 0.213 e. The Balaban J connectivity index is 1.84. The van der Waals surface area contributed by atoms with Crippen molar-refractivity contribution in [1.29, 1.82) is 0 Å². The summed E-state index contributed by atoms with van der Waals surface area (Å²) in [5, 5.41) is -0.645. The Kier molecular flexibility index (Phi) is 3.51. The van der Waals surface area contributed by atoms with Crippen molar-refractivity contribution in [3.8, 4) is 5.88 Å². The van der Waals surface area contributed by atoms with Gasteiger partial charge in [0, 0.05) is 17.5 Å². The van der Waals surface area contributed by atoms with Gasteiger partial charge >= 0.3 is 0 Å². The van der Waals surface area contributed by atoms with Gasteiger partial charge in [0.2, 0.25) is 5.88 Å². The van der Waals surface area contributed by atoms with Crippen molar-refractivity contribution in [2.45, 2.75) is 43.1 Å². The lowest BCUT2D eigenvalue weighted by molar-refractivity contribution is 0.0904. The standard InChI is InChI=1S/C15H19NO4S/c1-9-13(5-6-14(16-9)20-2)15(17)10-7-11-3-4-12(8-10)21(11,18)19/h5-6,10-12H,3-4,7-8H2,1-2H3. The fraction of sp³-hybridized carbons (Fsp3) is 0.600. The second kappa shape index (κ2) is 5.09. The topological polar surface area (TPSA) is 73.3 Å². The minimum absolute atomic E-state index is 0.0226. The van der Waals surface area contributed by atoms with E-state index in [2.05, 4.69) is 4.98 Å². The van der Waals surface area contributed by atoms with Gasteiger partial charge in [0.15, 0.2) is 15.6 Å². The van der Waals surface area contributed by atoms with Crippen LogP contribution in [-0.4, -0.2) is 36.8 Å². The molecule has 3 rings (SSSR count). The molecule has 114 valence electrons. The van der Waals surface area contributed by atoms with Crippen LogP contribution in [0.2, 0.25) is 0 Å². The zero-order chi connectivity index (χ0) is 15.2. The Bertz CT molecular complexity index is 663. The van der Waals surface area contributed by atoms with E-state index in [1.54, 1.807) is 19.1 Å². The van der Waals surface area contributed by atoms with E-state index in [4.69, 9.17) is 4.74 Å². The molecule has 0 radical (unpaired) electrons. The summed E-state index contributed by atoms with van der Waals surface area (Å²) in [4.78, 5) is 16.9. The molecule has 2 bridgehead atoms. The quantitative estimate of drug-likeness (QED) is 0.798. The van der Waals surface area contributed by atoms with Crippen LogP contribution < -0.4 is 4.74 Å². The Morgan fingerprint density at radius 3 is 2.38 bits per heavy atom. The maximum atomic E-state index is 12.7. The first-order chi connectivity index (χ1) is 9.93. The molecule has 6 heteroatoms. The van der Waals surface area contributed by atoms with Crippen LogP contribution in [0.25, 0.3) is 0 Å². The highest BCUT2D eigenvalue weighted by Gasteiger charge is 2.48. The van der Waals surface area contributed by atoms with Crippen molar-refractivity contribution in [3.63, 3.8) is 0 Å². The van der Waals surface area contributed by atoms with Crippen LogP contribution in [0.5, 0.6) is 5.88 Å². The van der Waals surface area contributed by atoms with Crippen molar-refractivity contribution in [2.24, 2.45) is 5.92 Å². The summed E-state index contributed by atoms with van der Waals surface area (Å²) in [5.74, 6) is 0.310. The van der Waals surface area contributed by atoms with Gasteiger partial charge in [-0.2, -0.15) is 0 Å². The van der Waals surface area contributed by atoms with Crippen molar-refractivity contribution < 1.29 is 17.9 Å². The lowest BCUT2D eigenvalue weighted by Gasteiger charge is -2.27. The largest absolute Gasteiger partial charge is 0.481 e. The summed E-state index contributed by atoms with van der Waals surface area (Å²) >= 11 is 0. The minimum atomic E-state index is -2.99. The lowest BCUT2D eigenvalue weighted by atomic mass is 9.90. The molecule has 1 aromatic rings. The smallest absolute Gasteiger partial charge is 0.213 e. The third-order valence-corrected chi connectivity index (χ3v) is 7.46. The first-order valence-electron chi connectivity index (χ1n) is 7.22. The summed E-state index contributed by atoms with van der Waals surface area (Å²) in [6.07, 6.45) is 2.33. The molecule has 0 spiro atoms. The fourth-order valence-corrected chi connectivity index (χ4v) is 6.03. The SMILES string of the molecule is COc1ccc(C(=O)C2CC3CCC(C2)S3(=O)=O)c(C)n1. The van der Waals surface area contributed by atoms with Crippen LogP contribution in [0.1, 0.15) is 41.7 Å². The van der Waals surface area contributed by atoms with Crippen LogP contribution in [0.15, 0.2) is 12.1 Å². The molecule has 2 aliphatic heterocycles. The fourth-order valence-electron chi connectivity index (χ4n) is 3.55. The first-order valence-corrected chi connectivity index (χ1v) is 8.83. The number of sulfone groups is 1. The number of carbonyl (C=O) groups is 1. The van der Waals surface area contributed by atoms with Crippen molar-refractivity contribution in [3.05, 3.63) is 23.4 Å². The third-order valence-electron chi connectivity index (χ3n) is 4.74. The van der Waals surface area contributed by atoms with E-state index in [-0.39, 0.29) is 22.2 Å². The molecular formula is C15H19NO4S. The van der Waals surface area contributed by atoms with Gasteiger partial charge in [0.25, 0.3) is 0 Å². The summed E-state index contributed by atoms with van der Waals surface area (Å²) in [5.41, 5.74) is 1.22. The Hall–Kier alpha value is -1.43. The average molecular weight is 309 g/mol. The first kappa shape index (κ1) is 14.5. The number of ether oxygens (including phenoxy) is 1. The number of rotatable bonds is 3. The highest BCUT2D eigenvalue weighted by molar-refractivity contribution is 7.93. The van der Waals surface area contributed by atoms with E-state index in [1.165, 1.54) is 7.11 Å². The number of fused-ring (bicyclic) bond motifs is 2.